The van der Waals surface area contributed by atoms with Crippen LogP contribution in [0.5, 0.6) is 0 Å². The molecule has 1 aromatic carbocycles. The van der Waals surface area contributed by atoms with Gasteiger partial charge < -0.3 is 10.0 Å². The summed E-state index contributed by atoms with van der Waals surface area (Å²) in [5.41, 5.74) is 0.832. The second-order valence-corrected chi connectivity index (χ2v) is 7.30. The molecule has 1 amide bonds. The molecule has 1 aliphatic heterocycles. The van der Waals surface area contributed by atoms with Gasteiger partial charge in [-0.1, -0.05) is 25.5 Å². The first-order valence-electron chi connectivity index (χ1n) is 8.74. The highest BCUT2D eigenvalue weighted by atomic mass is 19.1. The molecule has 4 unspecified atom stereocenters. The average molecular weight is 333 g/mol. The molecule has 0 radical (unpaired) electrons. The number of carboxylic acid groups (broad SMARTS) is 1. The van der Waals surface area contributed by atoms with Crippen molar-refractivity contribution in [2.75, 3.05) is 6.54 Å². The zero-order valence-corrected chi connectivity index (χ0v) is 14.0. The third-order valence-electron chi connectivity index (χ3n) is 5.40. The number of halogens is 1. The van der Waals surface area contributed by atoms with Crippen LogP contribution >= 0.6 is 0 Å². The van der Waals surface area contributed by atoms with E-state index >= 15 is 0 Å². The van der Waals surface area contributed by atoms with Gasteiger partial charge in [0.05, 0.1) is 12.0 Å². The number of carboxylic acids is 1. The summed E-state index contributed by atoms with van der Waals surface area (Å²) in [5, 5.41) is 9.24. The van der Waals surface area contributed by atoms with Crippen LogP contribution in [0.4, 0.5) is 4.39 Å². The summed E-state index contributed by atoms with van der Waals surface area (Å²) in [7, 11) is 0. The number of benzene rings is 1. The molecule has 5 heteroatoms. The third kappa shape index (κ3) is 3.45. The minimum atomic E-state index is -0.802. The van der Waals surface area contributed by atoms with Crippen molar-refractivity contribution in [3.8, 4) is 0 Å². The van der Waals surface area contributed by atoms with Gasteiger partial charge in [0.2, 0.25) is 5.91 Å². The molecule has 1 aliphatic carbocycles. The van der Waals surface area contributed by atoms with Crippen LogP contribution in [0, 0.1) is 23.6 Å². The van der Waals surface area contributed by atoms with Gasteiger partial charge in [0.25, 0.3) is 0 Å². The van der Waals surface area contributed by atoms with E-state index in [1.807, 2.05) is 11.0 Å². The quantitative estimate of drug-likeness (QED) is 0.919. The van der Waals surface area contributed by atoms with Gasteiger partial charge in [-0.05, 0) is 49.3 Å². The molecule has 1 saturated heterocycles. The van der Waals surface area contributed by atoms with Crippen molar-refractivity contribution in [3.63, 3.8) is 0 Å². The van der Waals surface area contributed by atoms with E-state index < -0.39 is 11.9 Å². The number of carbonyl (C=O) groups excluding carboxylic acids is 1. The minimum absolute atomic E-state index is 0.0413. The van der Waals surface area contributed by atoms with E-state index in [-0.39, 0.29) is 23.7 Å². The summed E-state index contributed by atoms with van der Waals surface area (Å²) in [5.74, 6) is -1.32. The van der Waals surface area contributed by atoms with Crippen LogP contribution in [0.1, 0.15) is 50.6 Å². The molecule has 4 atom stereocenters. The van der Waals surface area contributed by atoms with Gasteiger partial charge >= 0.3 is 5.97 Å². The first-order chi connectivity index (χ1) is 11.5. The van der Waals surface area contributed by atoms with Gasteiger partial charge in [0, 0.05) is 12.5 Å². The van der Waals surface area contributed by atoms with E-state index in [0.29, 0.717) is 25.3 Å². The number of nitrogens with zero attached hydrogens (tertiary/aromatic N) is 1. The molecule has 2 fully saturated rings. The highest BCUT2D eigenvalue weighted by molar-refractivity contribution is 5.81. The van der Waals surface area contributed by atoms with Gasteiger partial charge in [-0.15, -0.1) is 0 Å². The predicted molar refractivity (Wildman–Crippen MR) is 87.7 cm³/mol. The molecule has 1 N–H and O–H groups in total. The lowest BCUT2D eigenvalue weighted by Crippen LogP contribution is -2.39. The summed E-state index contributed by atoms with van der Waals surface area (Å²) < 4.78 is 13.6. The fourth-order valence-corrected chi connectivity index (χ4v) is 4.19. The maximum Gasteiger partial charge on any atom is 0.306 e. The molecule has 0 spiro atoms. The Morgan fingerprint density at radius 3 is 2.67 bits per heavy atom. The van der Waals surface area contributed by atoms with Crippen molar-refractivity contribution in [3.05, 3.63) is 35.6 Å². The second-order valence-electron chi connectivity index (χ2n) is 7.30. The van der Waals surface area contributed by atoms with E-state index in [1.165, 1.54) is 12.1 Å². The molecular formula is C19H24FNO3. The highest BCUT2D eigenvalue weighted by Crippen LogP contribution is 2.39. The maximum atomic E-state index is 13.6. The third-order valence-corrected chi connectivity index (χ3v) is 5.40. The highest BCUT2D eigenvalue weighted by Gasteiger charge is 2.39. The lowest BCUT2D eigenvalue weighted by Gasteiger charge is -2.32. The topological polar surface area (TPSA) is 57.6 Å². The van der Waals surface area contributed by atoms with Gasteiger partial charge in [-0.3, -0.25) is 9.59 Å². The predicted octanol–water partition coefficient (Wildman–Crippen LogP) is 3.63. The largest absolute Gasteiger partial charge is 0.481 e. The number of amides is 1. The van der Waals surface area contributed by atoms with Gasteiger partial charge in [0.15, 0.2) is 0 Å². The second kappa shape index (κ2) is 6.91. The van der Waals surface area contributed by atoms with Crippen LogP contribution in [0.15, 0.2) is 24.3 Å². The molecule has 0 bridgehead atoms. The van der Waals surface area contributed by atoms with Crippen molar-refractivity contribution in [2.45, 2.75) is 45.1 Å². The lowest BCUT2D eigenvalue weighted by atomic mass is 9.80. The van der Waals surface area contributed by atoms with E-state index in [4.69, 9.17) is 0 Å². The molecule has 130 valence electrons. The van der Waals surface area contributed by atoms with Gasteiger partial charge in [-0.2, -0.15) is 0 Å². The van der Waals surface area contributed by atoms with Crippen molar-refractivity contribution in [2.24, 2.45) is 17.8 Å². The van der Waals surface area contributed by atoms with Crippen LogP contribution in [0.25, 0.3) is 0 Å². The zero-order chi connectivity index (χ0) is 17.3. The molecule has 1 saturated carbocycles. The number of hydrogen-bond donors (Lipinski definition) is 1. The van der Waals surface area contributed by atoms with Crippen molar-refractivity contribution >= 4 is 11.9 Å². The lowest BCUT2D eigenvalue weighted by molar-refractivity contribution is -0.145. The molecule has 24 heavy (non-hydrogen) atoms. The Kier molecular flexibility index (Phi) is 4.88. The Labute approximate surface area is 141 Å². The monoisotopic (exact) mass is 333 g/mol. The van der Waals surface area contributed by atoms with E-state index in [1.54, 1.807) is 6.07 Å². The zero-order valence-electron chi connectivity index (χ0n) is 14.0. The van der Waals surface area contributed by atoms with E-state index in [0.717, 1.165) is 24.8 Å². The number of carbonyl (C=O) groups is 2. The maximum absolute atomic E-state index is 13.6. The van der Waals surface area contributed by atoms with Gasteiger partial charge in [-0.25, -0.2) is 4.39 Å². The van der Waals surface area contributed by atoms with E-state index in [2.05, 4.69) is 6.92 Å². The molecule has 1 aromatic rings. The average Bonchev–Trinajstić information content (AvgIpc) is 2.96. The summed E-state index contributed by atoms with van der Waals surface area (Å²) in [6, 6.07) is 6.36. The van der Waals surface area contributed by atoms with Crippen LogP contribution in [0.2, 0.25) is 0 Å². The fourth-order valence-electron chi connectivity index (χ4n) is 4.19. The summed E-state index contributed by atoms with van der Waals surface area (Å²) in [6.45, 7) is 2.76. The smallest absolute Gasteiger partial charge is 0.306 e. The summed E-state index contributed by atoms with van der Waals surface area (Å²) in [6.07, 6.45) is 3.44. The molecule has 0 aromatic heterocycles. The molecule has 2 aliphatic rings. The van der Waals surface area contributed by atoms with Crippen LogP contribution in [0.3, 0.4) is 0 Å². The van der Waals surface area contributed by atoms with Gasteiger partial charge in [0.1, 0.15) is 5.82 Å². The van der Waals surface area contributed by atoms with Crippen LogP contribution in [-0.2, 0) is 9.59 Å². The number of hydrogen-bond acceptors (Lipinski definition) is 2. The Bertz CT molecular complexity index is 633. The summed E-state index contributed by atoms with van der Waals surface area (Å²) in [4.78, 5) is 26.1. The van der Waals surface area contributed by atoms with Crippen LogP contribution < -0.4 is 0 Å². The Hall–Kier alpha value is -1.91. The normalized spacial score (nSPS) is 30.3. The molecular weight excluding hydrogens is 309 g/mol. The number of likely N-dealkylation sites (tertiary alicyclic amines) is 1. The number of aliphatic carboxylic acids is 1. The SMILES string of the molecule is CC1CC(c2cccc(F)c2)N(C(=O)C2CCCC(C(=O)O)C2)C1. The van der Waals surface area contributed by atoms with Crippen molar-refractivity contribution in [1.29, 1.82) is 0 Å². The van der Waals surface area contributed by atoms with Crippen molar-refractivity contribution < 1.29 is 19.1 Å². The van der Waals surface area contributed by atoms with Crippen molar-refractivity contribution in [1.82, 2.24) is 4.90 Å². The molecule has 4 nitrogen and oxygen atoms in total. The summed E-state index contributed by atoms with van der Waals surface area (Å²) >= 11 is 0. The fraction of sp³-hybridized carbons (Fsp3) is 0.579. The molecule has 1 heterocycles. The van der Waals surface area contributed by atoms with E-state index in [9.17, 15) is 19.1 Å². The minimum Gasteiger partial charge on any atom is -0.481 e. The first-order valence-corrected chi connectivity index (χ1v) is 8.74. The Morgan fingerprint density at radius 1 is 1.21 bits per heavy atom. The molecule has 3 rings (SSSR count). The Balaban J connectivity index is 1.78. The van der Waals surface area contributed by atoms with Crippen LogP contribution in [-0.4, -0.2) is 28.4 Å². The number of rotatable bonds is 3. The Morgan fingerprint density at radius 2 is 1.96 bits per heavy atom. The first kappa shape index (κ1) is 16.9. The standard InChI is InChI=1S/C19H24FNO3/c1-12-8-17(13-4-3-7-16(20)10-13)21(11-12)18(22)14-5-2-6-15(9-14)19(23)24/h3-4,7,10,12,14-15,17H,2,5-6,8-9,11H2,1H3,(H,23,24).